The summed E-state index contributed by atoms with van der Waals surface area (Å²) in [6, 6.07) is 1.53. The first kappa shape index (κ1) is 13.4. The van der Waals surface area contributed by atoms with Gasteiger partial charge in [-0.25, -0.2) is 0 Å². The van der Waals surface area contributed by atoms with Gasteiger partial charge in [0.2, 0.25) is 0 Å². The Hall–Kier alpha value is -0.0800. The molecular formula is C15H30N2. The average molecular weight is 238 g/mol. The number of rotatable bonds is 3. The summed E-state index contributed by atoms with van der Waals surface area (Å²) < 4.78 is 0. The van der Waals surface area contributed by atoms with Crippen molar-refractivity contribution in [2.75, 3.05) is 20.1 Å². The van der Waals surface area contributed by atoms with Crippen LogP contribution >= 0.6 is 0 Å². The van der Waals surface area contributed by atoms with Crippen LogP contribution in [0.2, 0.25) is 0 Å². The molecule has 2 heteroatoms. The molecule has 1 N–H and O–H groups in total. The van der Waals surface area contributed by atoms with E-state index in [1.807, 2.05) is 0 Å². The first-order chi connectivity index (χ1) is 8.15. The highest BCUT2D eigenvalue weighted by Gasteiger charge is 2.37. The van der Waals surface area contributed by atoms with Crippen molar-refractivity contribution in [3.63, 3.8) is 0 Å². The molecule has 0 radical (unpaired) electrons. The molecule has 2 rings (SSSR count). The van der Waals surface area contributed by atoms with E-state index < -0.39 is 0 Å². The molecule has 0 amide bonds. The molecule has 0 aromatic heterocycles. The van der Waals surface area contributed by atoms with Crippen molar-refractivity contribution in [2.24, 2.45) is 17.8 Å². The third-order valence-electron chi connectivity index (χ3n) is 5.36. The smallest absolute Gasteiger partial charge is 0.0252 e. The van der Waals surface area contributed by atoms with E-state index in [1.165, 1.54) is 38.8 Å². The van der Waals surface area contributed by atoms with E-state index in [1.54, 1.807) is 0 Å². The van der Waals surface area contributed by atoms with Gasteiger partial charge in [-0.1, -0.05) is 27.2 Å². The molecule has 1 aliphatic carbocycles. The fourth-order valence-corrected chi connectivity index (χ4v) is 3.79. The summed E-state index contributed by atoms with van der Waals surface area (Å²) in [5, 5.41) is 3.56. The number of hydrogen-bond acceptors (Lipinski definition) is 2. The van der Waals surface area contributed by atoms with Crippen LogP contribution in [0.15, 0.2) is 0 Å². The second-order valence-corrected chi connectivity index (χ2v) is 6.46. The Morgan fingerprint density at radius 3 is 2.29 bits per heavy atom. The molecule has 1 saturated heterocycles. The lowest BCUT2D eigenvalue weighted by Gasteiger charge is -2.41. The number of nitrogens with zero attached hydrogens (tertiary/aromatic N) is 1. The Morgan fingerprint density at radius 1 is 1.12 bits per heavy atom. The molecule has 0 aromatic carbocycles. The number of likely N-dealkylation sites (N-methyl/N-ethyl adjacent to an activating group) is 1. The van der Waals surface area contributed by atoms with Crippen molar-refractivity contribution in [1.29, 1.82) is 0 Å². The summed E-state index contributed by atoms with van der Waals surface area (Å²) in [6.07, 6.45) is 5.59. The standard InChI is InChI=1S/C15H30N2/c1-5-13-6-7-14(16-4)15(8-13)17-9-11(2)12(3)10-17/h11-16H,5-10H2,1-4H3. The number of hydrogen-bond donors (Lipinski definition) is 1. The Balaban J connectivity index is 2.00. The molecule has 0 spiro atoms. The van der Waals surface area contributed by atoms with Crippen LogP contribution in [0.4, 0.5) is 0 Å². The third-order valence-corrected chi connectivity index (χ3v) is 5.36. The minimum atomic E-state index is 0.732. The third kappa shape index (κ3) is 2.85. The second-order valence-electron chi connectivity index (χ2n) is 6.46. The lowest BCUT2D eigenvalue weighted by Crippen LogP contribution is -2.51. The molecule has 2 nitrogen and oxygen atoms in total. The van der Waals surface area contributed by atoms with E-state index in [-0.39, 0.29) is 0 Å². The Morgan fingerprint density at radius 2 is 1.76 bits per heavy atom. The van der Waals surface area contributed by atoms with Gasteiger partial charge >= 0.3 is 0 Å². The molecule has 17 heavy (non-hydrogen) atoms. The van der Waals surface area contributed by atoms with Gasteiger partial charge in [-0.2, -0.15) is 0 Å². The summed E-state index contributed by atoms with van der Waals surface area (Å²) in [6.45, 7) is 9.83. The number of nitrogens with one attached hydrogen (secondary N) is 1. The highest BCUT2D eigenvalue weighted by molar-refractivity contribution is 4.94. The minimum Gasteiger partial charge on any atom is -0.315 e. The topological polar surface area (TPSA) is 15.3 Å². The van der Waals surface area contributed by atoms with Crippen LogP contribution in [0.5, 0.6) is 0 Å². The van der Waals surface area contributed by atoms with Gasteiger partial charge < -0.3 is 5.32 Å². The maximum absolute atomic E-state index is 3.56. The SMILES string of the molecule is CCC1CCC(NC)C(N2CC(C)C(C)C2)C1. The van der Waals surface area contributed by atoms with E-state index in [0.717, 1.165) is 29.8 Å². The lowest BCUT2D eigenvalue weighted by molar-refractivity contribution is 0.115. The first-order valence-electron chi connectivity index (χ1n) is 7.57. The molecule has 100 valence electrons. The van der Waals surface area contributed by atoms with Crippen molar-refractivity contribution < 1.29 is 0 Å². The van der Waals surface area contributed by atoms with Crippen LogP contribution in [0.3, 0.4) is 0 Å². The van der Waals surface area contributed by atoms with E-state index >= 15 is 0 Å². The molecule has 1 saturated carbocycles. The zero-order chi connectivity index (χ0) is 12.4. The van der Waals surface area contributed by atoms with Crippen LogP contribution in [0.25, 0.3) is 0 Å². The molecule has 1 aliphatic heterocycles. The average Bonchev–Trinajstić information content (AvgIpc) is 2.68. The first-order valence-corrected chi connectivity index (χ1v) is 7.57. The van der Waals surface area contributed by atoms with Crippen LogP contribution in [-0.2, 0) is 0 Å². The summed E-state index contributed by atoms with van der Waals surface area (Å²) in [4.78, 5) is 2.78. The van der Waals surface area contributed by atoms with Crippen LogP contribution in [0.1, 0.15) is 46.5 Å². The Labute approximate surface area is 107 Å². The molecule has 2 aliphatic rings. The summed E-state index contributed by atoms with van der Waals surface area (Å²) in [7, 11) is 2.15. The molecule has 0 bridgehead atoms. The summed E-state index contributed by atoms with van der Waals surface area (Å²) in [5.74, 6) is 2.74. The van der Waals surface area contributed by atoms with Crippen molar-refractivity contribution in [3.05, 3.63) is 0 Å². The Kier molecular flexibility index (Phi) is 4.48. The maximum Gasteiger partial charge on any atom is 0.0252 e. The molecule has 5 atom stereocenters. The fourth-order valence-electron chi connectivity index (χ4n) is 3.79. The molecule has 5 unspecified atom stereocenters. The van der Waals surface area contributed by atoms with Gasteiger partial charge in [-0.3, -0.25) is 4.90 Å². The second kappa shape index (κ2) is 5.71. The van der Waals surface area contributed by atoms with Crippen molar-refractivity contribution in [3.8, 4) is 0 Å². The largest absolute Gasteiger partial charge is 0.315 e. The van der Waals surface area contributed by atoms with Crippen molar-refractivity contribution in [2.45, 2.75) is 58.5 Å². The van der Waals surface area contributed by atoms with Crippen LogP contribution < -0.4 is 5.32 Å². The van der Waals surface area contributed by atoms with E-state index in [9.17, 15) is 0 Å². The molecule has 1 heterocycles. The van der Waals surface area contributed by atoms with Crippen molar-refractivity contribution >= 4 is 0 Å². The van der Waals surface area contributed by atoms with Gasteiger partial charge in [0, 0.05) is 25.2 Å². The lowest BCUT2D eigenvalue weighted by atomic mass is 9.80. The zero-order valence-corrected chi connectivity index (χ0v) is 12.1. The highest BCUT2D eigenvalue weighted by atomic mass is 15.2. The number of likely N-dealkylation sites (tertiary alicyclic amines) is 1. The maximum atomic E-state index is 3.56. The molecule has 0 aromatic rings. The van der Waals surface area contributed by atoms with Gasteiger partial charge in [0.1, 0.15) is 0 Å². The monoisotopic (exact) mass is 238 g/mol. The van der Waals surface area contributed by atoms with Crippen LogP contribution in [-0.4, -0.2) is 37.1 Å². The predicted molar refractivity (Wildman–Crippen MR) is 74.2 cm³/mol. The minimum absolute atomic E-state index is 0.732. The summed E-state index contributed by atoms with van der Waals surface area (Å²) in [5.41, 5.74) is 0. The fraction of sp³-hybridized carbons (Fsp3) is 1.00. The Bertz CT molecular complexity index is 231. The molecular weight excluding hydrogens is 208 g/mol. The van der Waals surface area contributed by atoms with Gasteiger partial charge in [-0.15, -0.1) is 0 Å². The van der Waals surface area contributed by atoms with Gasteiger partial charge in [0.05, 0.1) is 0 Å². The molecule has 2 fully saturated rings. The van der Waals surface area contributed by atoms with Gasteiger partial charge in [-0.05, 0) is 44.1 Å². The van der Waals surface area contributed by atoms with E-state index in [0.29, 0.717) is 0 Å². The van der Waals surface area contributed by atoms with Crippen molar-refractivity contribution in [1.82, 2.24) is 10.2 Å². The van der Waals surface area contributed by atoms with E-state index in [2.05, 4.69) is 38.0 Å². The quantitative estimate of drug-likeness (QED) is 0.813. The highest BCUT2D eigenvalue weighted by Crippen LogP contribution is 2.34. The van der Waals surface area contributed by atoms with Gasteiger partial charge in [0.25, 0.3) is 0 Å². The normalized spacial score (nSPS) is 44.1. The zero-order valence-electron chi connectivity index (χ0n) is 12.1. The van der Waals surface area contributed by atoms with Gasteiger partial charge in [0.15, 0.2) is 0 Å². The summed E-state index contributed by atoms with van der Waals surface area (Å²) >= 11 is 0. The van der Waals surface area contributed by atoms with Crippen LogP contribution in [0, 0.1) is 17.8 Å². The van der Waals surface area contributed by atoms with E-state index in [4.69, 9.17) is 0 Å². The predicted octanol–water partition coefficient (Wildman–Crippen LogP) is 2.74.